The number of carbonyl (C=O) groups excluding carboxylic acids is 1. The van der Waals surface area contributed by atoms with Crippen molar-refractivity contribution in [1.82, 2.24) is 5.32 Å². The smallest absolute Gasteiger partial charge is 0.220 e. The number of rotatable bonds is 35. The van der Waals surface area contributed by atoms with E-state index in [1.807, 2.05) is 0 Å². The van der Waals surface area contributed by atoms with E-state index in [4.69, 9.17) is 28.4 Å². The van der Waals surface area contributed by atoms with Crippen molar-refractivity contribution in [2.24, 2.45) is 0 Å². The van der Waals surface area contributed by atoms with Gasteiger partial charge in [0.1, 0.15) is 73.2 Å². The number of unbranched alkanes of at least 4 members (excludes halogenated alkanes) is 11. The number of aliphatic hydroxyl groups excluding tert-OH is 11. The predicted octanol–water partition coefficient (Wildman–Crippen LogP) is 2.14. The molecular formula is C52H89NO18. The molecule has 3 heterocycles. The largest absolute Gasteiger partial charge is 0.394 e. The van der Waals surface area contributed by atoms with Crippen LogP contribution in [-0.4, -0.2) is 193 Å². The van der Waals surface area contributed by atoms with E-state index >= 15 is 0 Å². The number of ether oxygens (including phenoxy) is 6. The fourth-order valence-corrected chi connectivity index (χ4v) is 8.43. The van der Waals surface area contributed by atoms with Gasteiger partial charge in [0.2, 0.25) is 5.91 Å². The van der Waals surface area contributed by atoms with Crippen molar-refractivity contribution >= 4 is 5.91 Å². The van der Waals surface area contributed by atoms with Gasteiger partial charge in [0, 0.05) is 6.42 Å². The zero-order valence-corrected chi connectivity index (χ0v) is 41.9. The first kappa shape index (κ1) is 62.8. The second-order valence-electron chi connectivity index (χ2n) is 18.6. The minimum absolute atomic E-state index is 0.213. The predicted molar refractivity (Wildman–Crippen MR) is 263 cm³/mol. The Morgan fingerprint density at radius 2 is 0.986 bits per heavy atom. The van der Waals surface area contributed by atoms with Gasteiger partial charge in [0.05, 0.1) is 38.6 Å². The third-order valence-electron chi connectivity index (χ3n) is 12.8. The maximum atomic E-state index is 13.2. The lowest BCUT2D eigenvalue weighted by atomic mass is 9.96. The first-order valence-electron chi connectivity index (χ1n) is 26.0. The molecule has 0 radical (unpaired) electrons. The Hall–Kier alpha value is -2.51. The molecule has 3 saturated heterocycles. The lowest BCUT2D eigenvalue weighted by molar-refractivity contribution is -0.379. The maximum absolute atomic E-state index is 13.2. The monoisotopic (exact) mass is 1020 g/mol. The van der Waals surface area contributed by atoms with E-state index < -0.39 is 124 Å². The van der Waals surface area contributed by atoms with Crippen molar-refractivity contribution in [3.05, 3.63) is 60.8 Å². The first-order chi connectivity index (χ1) is 34.3. The molecule has 3 rings (SSSR count). The molecule has 3 aliphatic heterocycles. The summed E-state index contributed by atoms with van der Waals surface area (Å²) >= 11 is 0. The highest BCUT2D eigenvalue weighted by Crippen LogP contribution is 2.33. The SMILES string of the molecule is CC/C=C/CC/C=C/CC/C=C/C(O)C(COC1OC(CO)C(OC2OC(CO)C(OC3OC(CO)C(O)C(O)C3O)C(O)C2O)C(O)C1O)NC(=O)CCCCCCC/C=C\C/C=C\CCCCCC. The lowest BCUT2D eigenvalue weighted by Crippen LogP contribution is -2.66. The topological polar surface area (TPSA) is 307 Å². The molecular weight excluding hydrogens is 927 g/mol. The Morgan fingerprint density at radius 3 is 1.55 bits per heavy atom. The average molecular weight is 1020 g/mol. The van der Waals surface area contributed by atoms with Crippen LogP contribution in [-0.2, 0) is 33.2 Å². The summed E-state index contributed by atoms with van der Waals surface area (Å²) in [5.74, 6) is -0.311. The molecule has 17 atom stereocenters. The van der Waals surface area contributed by atoms with Gasteiger partial charge in [-0.15, -0.1) is 0 Å². The van der Waals surface area contributed by atoms with Gasteiger partial charge >= 0.3 is 0 Å². The molecule has 0 spiro atoms. The molecule has 0 aliphatic carbocycles. The summed E-state index contributed by atoms with van der Waals surface area (Å²) < 4.78 is 34.0. The number of aliphatic hydroxyl groups is 11. The molecule has 0 aromatic rings. The van der Waals surface area contributed by atoms with Gasteiger partial charge in [0.25, 0.3) is 0 Å². The van der Waals surface area contributed by atoms with Gasteiger partial charge in [-0.3, -0.25) is 4.79 Å². The zero-order chi connectivity index (χ0) is 52.0. The molecule has 1 amide bonds. The highest BCUT2D eigenvalue weighted by atomic mass is 16.8. The number of allylic oxidation sites excluding steroid dienone is 9. The molecule has 0 bridgehead atoms. The Morgan fingerprint density at radius 1 is 0.521 bits per heavy atom. The summed E-state index contributed by atoms with van der Waals surface area (Å²) in [6.07, 6.45) is 11.0. The Balaban J connectivity index is 1.56. The molecule has 0 aromatic heterocycles. The van der Waals surface area contributed by atoms with Crippen LogP contribution >= 0.6 is 0 Å². The molecule has 12 N–H and O–H groups in total. The van der Waals surface area contributed by atoms with E-state index in [-0.39, 0.29) is 18.9 Å². The molecule has 19 nitrogen and oxygen atoms in total. The van der Waals surface area contributed by atoms with E-state index in [0.29, 0.717) is 12.8 Å². The van der Waals surface area contributed by atoms with Crippen LogP contribution in [0.4, 0.5) is 0 Å². The minimum atomic E-state index is -1.98. The van der Waals surface area contributed by atoms with Crippen LogP contribution < -0.4 is 5.32 Å². The molecule has 0 aromatic carbocycles. The zero-order valence-electron chi connectivity index (χ0n) is 41.9. The van der Waals surface area contributed by atoms with Crippen molar-refractivity contribution in [3.8, 4) is 0 Å². The Bertz CT molecular complexity index is 1540. The average Bonchev–Trinajstić information content (AvgIpc) is 3.36. The number of amides is 1. The van der Waals surface area contributed by atoms with Gasteiger partial charge in [-0.1, -0.05) is 113 Å². The second kappa shape index (κ2) is 36.4. The Kier molecular flexibility index (Phi) is 32.2. The number of hydrogen-bond acceptors (Lipinski definition) is 18. The van der Waals surface area contributed by atoms with Crippen LogP contribution in [0.5, 0.6) is 0 Å². The van der Waals surface area contributed by atoms with Crippen molar-refractivity contribution < 1.29 is 89.4 Å². The summed E-state index contributed by atoms with van der Waals surface area (Å²) in [5, 5.41) is 119. The molecule has 19 heteroatoms. The molecule has 71 heavy (non-hydrogen) atoms. The number of nitrogens with one attached hydrogen (secondary N) is 1. The maximum Gasteiger partial charge on any atom is 0.220 e. The summed E-state index contributed by atoms with van der Waals surface area (Å²) in [5.41, 5.74) is 0. The molecule has 17 unspecified atom stereocenters. The molecule has 0 saturated carbocycles. The Labute approximate surface area is 420 Å². The molecule has 3 aliphatic rings. The fourth-order valence-electron chi connectivity index (χ4n) is 8.43. The quantitative estimate of drug-likeness (QED) is 0.0320. The van der Waals surface area contributed by atoms with Gasteiger partial charge in [-0.25, -0.2) is 0 Å². The van der Waals surface area contributed by atoms with Crippen molar-refractivity contribution in [3.63, 3.8) is 0 Å². The van der Waals surface area contributed by atoms with E-state index in [2.05, 4.69) is 67.8 Å². The summed E-state index contributed by atoms with van der Waals surface area (Å²) in [6.45, 7) is 1.48. The highest BCUT2D eigenvalue weighted by molar-refractivity contribution is 5.76. The van der Waals surface area contributed by atoms with Crippen LogP contribution in [0.1, 0.15) is 129 Å². The third kappa shape index (κ3) is 22.1. The third-order valence-corrected chi connectivity index (χ3v) is 12.8. The standard InChI is InChI=1S/C52H89NO18/c1-3-5-7-9-11-13-15-16-17-18-19-20-22-24-26-28-30-40(58)53-35(36(57)29-27-25-23-21-14-12-10-8-6-4-2)34-66-50-46(64)43(61)48(38(32-55)68-50)71-52-47(65)44(62)49(39(33-56)69-52)70-51-45(63)42(60)41(59)37(31-54)67-51/h6,8,13-15,17-18,21,27,29,35-39,41-52,54-57,59-65H,3-5,7,9-12,16,19-20,22-26,28,30-34H2,1-2H3,(H,53,58)/b8-6+,15-13-,18-17-,21-14+,29-27+. The van der Waals surface area contributed by atoms with Crippen LogP contribution in [0.15, 0.2) is 60.8 Å². The summed E-state index contributed by atoms with van der Waals surface area (Å²) in [4.78, 5) is 13.2. The van der Waals surface area contributed by atoms with Crippen molar-refractivity contribution in [2.75, 3.05) is 26.4 Å². The van der Waals surface area contributed by atoms with Crippen molar-refractivity contribution in [2.45, 2.75) is 234 Å². The fraction of sp³-hybridized carbons (Fsp3) is 0.788. The van der Waals surface area contributed by atoms with Gasteiger partial charge in [-0.05, 0) is 70.6 Å². The number of hydrogen-bond donors (Lipinski definition) is 12. The van der Waals surface area contributed by atoms with Crippen LogP contribution in [0, 0.1) is 0 Å². The van der Waals surface area contributed by atoms with Gasteiger partial charge in [-0.2, -0.15) is 0 Å². The number of carbonyl (C=O) groups is 1. The summed E-state index contributed by atoms with van der Waals surface area (Å²) in [7, 11) is 0. The molecule has 410 valence electrons. The van der Waals surface area contributed by atoms with Crippen LogP contribution in [0.3, 0.4) is 0 Å². The minimum Gasteiger partial charge on any atom is -0.394 e. The van der Waals surface area contributed by atoms with E-state index in [1.54, 1.807) is 12.2 Å². The van der Waals surface area contributed by atoms with Crippen LogP contribution in [0.2, 0.25) is 0 Å². The first-order valence-corrected chi connectivity index (χ1v) is 26.0. The second-order valence-corrected chi connectivity index (χ2v) is 18.6. The molecule has 3 fully saturated rings. The summed E-state index contributed by atoms with van der Waals surface area (Å²) in [6, 6.07) is -1.00. The normalized spacial score (nSPS) is 32.8. The highest BCUT2D eigenvalue weighted by Gasteiger charge is 2.53. The van der Waals surface area contributed by atoms with E-state index in [9.17, 15) is 61.0 Å². The lowest BCUT2D eigenvalue weighted by Gasteiger charge is -2.48. The van der Waals surface area contributed by atoms with E-state index in [1.165, 1.54) is 25.7 Å². The van der Waals surface area contributed by atoms with Crippen LogP contribution in [0.25, 0.3) is 0 Å². The van der Waals surface area contributed by atoms with E-state index in [0.717, 1.165) is 70.6 Å². The van der Waals surface area contributed by atoms with Gasteiger partial charge in [0.15, 0.2) is 18.9 Å². The van der Waals surface area contributed by atoms with Gasteiger partial charge < -0.3 is 89.9 Å². The van der Waals surface area contributed by atoms with Crippen molar-refractivity contribution in [1.29, 1.82) is 0 Å².